The Labute approximate surface area is 176 Å². The molecule has 3 rings (SSSR count). The molecule has 0 atom stereocenters. The van der Waals surface area contributed by atoms with Gasteiger partial charge in [-0.2, -0.15) is 5.26 Å². The van der Waals surface area contributed by atoms with Crippen molar-refractivity contribution >= 4 is 39.8 Å². The number of nitrogens with one attached hydrogen (secondary N) is 1. The Balaban J connectivity index is 1.60. The standard InChI is InChI=1S/C21H15ClN2O4S/c22-17-7-3-1-5-15(17)12-27-18-8-4-2-6-16(18)21(26)28-13-19(25)24-20-14(11-23)9-10-29-20/h1-10H,12-13H2,(H,24,25). The summed E-state index contributed by atoms with van der Waals surface area (Å²) in [5.41, 5.74) is 1.33. The van der Waals surface area contributed by atoms with Crippen molar-refractivity contribution in [1.82, 2.24) is 0 Å². The molecule has 1 N–H and O–H groups in total. The third kappa shape index (κ3) is 5.35. The molecular formula is C21H15ClN2O4S. The maximum Gasteiger partial charge on any atom is 0.342 e. The highest BCUT2D eigenvalue weighted by atomic mass is 35.5. The Hall–Kier alpha value is -3.34. The molecular weight excluding hydrogens is 412 g/mol. The Morgan fingerprint density at radius 1 is 1.10 bits per heavy atom. The topological polar surface area (TPSA) is 88.4 Å². The highest BCUT2D eigenvalue weighted by molar-refractivity contribution is 7.14. The molecule has 1 aromatic heterocycles. The highest BCUT2D eigenvalue weighted by Crippen LogP contribution is 2.24. The Morgan fingerprint density at radius 2 is 1.86 bits per heavy atom. The SMILES string of the molecule is N#Cc1ccsc1NC(=O)COC(=O)c1ccccc1OCc1ccccc1Cl. The monoisotopic (exact) mass is 426 g/mol. The normalized spacial score (nSPS) is 10.1. The number of carbonyl (C=O) groups excluding carboxylic acids is 2. The summed E-state index contributed by atoms with van der Waals surface area (Å²) in [6.07, 6.45) is 0. The van der Waals surface area contributed by atoms with Crippen LogP contribution in [-0.2, 0) is 16.1 Å². The second kappa shape index (κ2) is 9.73. The van der Waals surface area contributed by atoms with E-state index >= 15 is 0 Å². The van der Waals surface area contributed by atoms with Crippen LogP contribution in [0.5, 0.6) is 5.75 Å². The van der Waals surface area contributed by atoms with Gasteiger partial charge in [-0.25, -0.2) is 4.79 Å². The van der Waals surface area contributed by atoms with E-state index in [1.54, 1.807) is 41.8 Å². The van der Waals surface area contributed by atoms with Crippen molar-refractivity contribution in [2.75, 3.05) is 11.9 Å². The van der Waals surface area contributed by atoms with E-state index in [0.29, 0.717) is 21.3 Å². The number of nitriles is 1. The number of esters is 1. The first-order chi connectivity index (χ1) is 14.1. The molecule has 0 spiro atoms. The lowest BCUT2D eigenvalue weighted by Gasteiger charge is -2.12. The zero-order chi connectivity index (χ0) is 20.6. The van der Waals surface area contributed by atoms with Crippen LogP contribution >= 0.6 is 22.9 Å². The fourth-order valence-electron chi connectivity index (χ4n) is 2.40. The molecule has 146 valence electrons. The molecule has 0 fully saturated rings. The first-order valence-corrected chi connectivity index (χ1v) is 9.74. The minimum absolute atomic E-state index is 0.180. The molecule has 0 saturated heterocycles. The summed E-state index contributed by atoms with van der Waals surface area (Å²) in [5.74, 6) is -0.906. The van der Waals surface area contributed by atoms with Gasteiger partial charge in [0.05, 0.1) is 5.56 Å². The molecule has 0 aliphatic carbocycles. The lowest BCUT2D eigenvalue weighted by molar-refractivity contribution is -0.119. The Morgan fingerprint density at radius 3 is 2.66 bits per heavy atom. The van der Waals surface area contributed by atoms with Gasteiger partial charge in [-0.05, 0) is 29.6 Å². The van der Waals surface area contributed by atoms with Gasteiger partial charge in [0.25, 0.3) is 5.91 Å². The second-order valence-corrected chi connectivity index (χ2v) is 7.10. The van der Waals surface area contributed by atoms with Gasteiger partial charge in [0, 0.05) is 10.6 Å². The molecule has 0 bridgehead atoms. The van der Waals surface area contributed by atoms with E-state index < -0.39 is 18.5 Å². The van der Waals surface area contributed by atoms with E-state index in [1.165, 1.54) is 11.3 Å². The molecule has 1 amide bonds. The third-order valence-corrected chi connectivity index (χ3v) is 5.02. The number of para-hydroxylation sites is 1. The van der Waals surface area contributed by atoms with Crippen molar-refractivity contribution in [1.29, 1.82) is 5.26 Å². The number of halogens is 1. The van der Waals surface area contributed by atoms with Gasteiger partial charge in [0.15, 0.2) is 6.61 Å². The average molecular weight is 427 g/mol. The number of carbonyl (C=O) groups is 2. The van der Waals surface area contributed by atoms with Crippen LogP contribution in [0, 0.1) is 11.3 Å². The minimum Gasteiger partial charge on any atom is -0.488 e. The molecule has 2 aromatic carbocycles. The quantitative estimate of drug-likeness (QED) is 0.555. The number of hydrogen-bond donors (Lipinski definition) is 1. The van der Waals surface area contributed by atoms with Crippen LogP contribution in [0.4, 0.5) is 5.00 Å². The smallest absolute Gasteiger partial charge is 0.342 e. The van der Waals surface area contributed by atoms with Gasteiger partial charge in [0.2, 0.25) is 0 Å². The highest BCUT2D eigenvalue weighted by Gasteiger charge is 2.16. The van der Waals surface area contributed by atoms with E-state index in [0.717, 1.165) is 5.56 Å². The van der Waals surface area contributed by atoms with Gasteiger partial charge >= 0.3 is 5.97 Å². The molecule has 0 aliphatic rings. The third-order valence-electron chi connectivity index (χ3n) is 3.82. The number of thiophene rings is 1. The van der Waals surface area contributed by atoms with Crippen molar-refractivity contribution < 1.29 is 19.1 Å². The van der Waals surface area contributed by atoms with Crippen molar-refractivity contribution in [2.45, 2.75) is 6.61 Å². The molecule has 0 aliphatic heterocycles. The molecule has 3 aromatic rings. The lowest BCUT2D eigenvalue weighted by atomic mass is 10.2. The summed E-state index contributed by atoms with van der Waals surface area (Å²) in [7, 11) is 0. The van der Waals surface area contributed by atoms with Crippen LogP contribution in [0.3, 0.4) is 0 Å². The van der Waals surface area contributed by atoms with Crippen LogP contribution in [0.1, 0.15) is 21.5 Å². The van der Waals surface area contributed by atoms with Crippen molar-refractivity contribution in [3.8, 4) is 11.8 Å². The zero-order valence-corrected chi connectivity index (χ0v) is 16.6. The van der Waals surface area contributed by atoms with E-state index in [2.05, 4.69) is 5.32 Å². The Kier molecular flexibility index (Phi) is 6.85. The van der Waals surface area contributed by atoms with Crippen LogP contribution in [-0.4, -0.2) is 18.5 Å². The molecule has 8 heteroatoms. The van der Waals surface area contributed by atoms with E-state index in [1.807, 2.05) is 24.3 Å². The van der Waals surface area contributed by atoms with E-state index in [4.69, 9.17) is 26.3 Å². The first-order valence-electron chi connectivity index (χ1n) is 8.48. The average Bonchev–Trinajstić information content (AvgIpc) is 3.18. The number of anilines is 1. The van der Waals surface area contributed by atoms with Crippen LogP contribution in [0.2, 0.25) is 5.02 Å². The number of amides is 1. The molecule has 0 radical (unpaired) electrons. The van der Waals surface area contributed by atoms with Crippen LogP contribution in [0.25, 0.3) is 0 Å². The van der Waals surface area contributed by atoms with Gasteiger partial charge in [0.1, 0.15) is 29.0 Å². The van der Waals surface area contributed by atoms with Crippen molar-refractivity contribution in [2.24, 2.45) is 0 Å². The summed E-state index contributed by atoms with van der Waals surface area (Å²) in [5, 5.41) is 14.2. The fourth-order valence-corrected chi connectivity index (χ4v) is 3.34. The molecule has 6 nitrogen and oxygen atoms in total. The predicted octanol–water partition coefficient (Wildman–Crippen LogP) is 4.65. The van der Waals surface area contributed by atoms with E-state index in [-0.39, 0.29) is 12.2 Å². The fraction of sp³-hybridized carbons (Fsp3) is 0.0952. The maximum atomic E-state index is 12.4. The summed E-state index contributed by atoms with van der Waals surface area (Å²) >= 11 is 7.34. The largest absolute Gasteiger partial charge is 0.488 e. The summed E-state index contributed by atoms with van der Waals surface area (Å²) in [6.45, 7) is -0.305. The second-order valence-electron chi connectivity index (χ2n) is 5.78. The summed E-state index contributed by atoms with van der Waals surface area (Å²) in [6, 6.07) is 17.4. The lowest BCUT2D eigenvalue weighted by Crippen LogP contribution is -2.21. The van der Waals surface area contributed by atoms with Gasteiger partial charge in [-0.3, -0.25) is 4.79 Å². The van der Waals surface area contributed by atoms with Gasteiger partial charge in [-0.1, -0.05) is 41.9 Å². The van der Waals surface area contributed by atoms with Crippen LogP contribution in [0.15, 0.2) is 60.0 Å². The Bertz CT molecular complexity index is 1070. The summed E-state index contributed by atoms with van der Waals surface area (Å²) in [4.78, 5) is 24.4. The number of ether oxygens (including phenoxy) is 2. The van der Waals surface area contributed by atoms with Crippen molar-refractivity contribution in [3.63, 3.8) is 0 Å². The van der Waals surface area contributed by atoms with Crippen molar-refractivity contribution in [3.05, 3.63) is 81.7 Å². The number of hydrogen-bond acceptors (Lipinski definition) is 6. The first kappa shape index (κ1) is 20.4. The molecule has 29 heavy (non-hydrogen) atoms. The predicted molar refractivity (Wildman–Crippen MR) is 110 cm³/mol. The van der Waals surface area contributed by atoms with Gasteiger partial charge in [-0.15, -0.1) is 11.3 Å². The minimum atomic E-state index is -0.693. The van der Waals surface area contributed by atoms with Crippen LogP contribution < -0.4 is 10.1 Å². The summed E-state index contributed by atoms with van der Waals surface area (Å²) < 4.78 is 10.8. The number of rotatable bonds is 7. The number of nitrogens with zero attached hydrogens (tertiary/aromatic N) is 1. The zero-order valence-electron chi connectivity index (χ0n) is 15.1. The number of benzene rings is 2. The maximum absolute atomic E-state index is 12.4. The molecule has 1 heterocycles. The molecule has 0 saturated carbocycles. The van der Waals surface area contributed by atoms with Gasteiger partial charge < -0.3 is 14.8 Å². The van der Waals surface area contributed by atoms with E-state index in [9.17, 15) is 9.59 Å². The molecule has 0 unspecified atom stereocenters.